The fourth-order valence-corrected chi connectivity index (χ4v) is 6.17. The SMILES string of the molecule is Nc1ncnc2c1ncn2C1OC(COP(=O)(O)OP(=O)(O)OC2OC([C@@H](O)CO)C(O)C(O)C2O)[C@H](O)[C@@H]1O. The zero-order valence-electron chi connectivity index (χ0n) is 20.0. The Morgan fingerprint density at radius 1 is 0.975 bits per heavy atom. The van der Waals surface area contributed by atoms with Crippen molar-refractivity contribution in [1.82, 2.24) is 19.5 Å². The predicted octanol–water partition coefficient (Wildman–Crippen LogP) is -4.56. The van der Waals surface area contributed by atoms with Gasteiger partial charge in [-0.1, -0.05) is 0 Å². The summed E-state index contributed by atoms with van der Waals surface area (Å²) < 4.78 is 49.6. The minimum atomic E-state index is -5.65. The lowest BCUT2D eigenvalue weighted by Gasteiger charge is -2.41. The van der Waals surface area contributed by atoms with Crippen LogP contribution in [0.1, 0.15) is 6.23 Å². The second kappa shape index (κ2) is 11.9. The molecule has 40 heavy (non-hydrogen) atoms. The van der Waals surface area contributed by atoms with Gasteiger partial charge in [-0.3, -0.25) is 13.6 Å². The van der Waals surface area contributed by atoms with Crippen molar-refractivity contribution < 1.29 is 77.5 Å². The van der Waals surface area contributed by atoms with Crippen LogP contribution in [0.2, 0.25) is 0 Å². The third kappa shape index (κ3) is 6.35. The molecule has 0 spiro atoms. The van der Waals surface area contributed by atoms with Gasteiger partial charge in [0.1, 0.15) is 60.7 Å². The largest absolute Gasteiger partial charge is 0.483 e. The first-order chi connectivity index (χ1) is 18.7. The Morgan fingerprint density at radius 3 is 2.35 bits per heavy atom. The maximum atomic E-state index is 12.3. The number of nitrogens with two attached hydrogens (primary N) is 1. The van der Waals surface area contributed by atoms with E-state index >= 15 is 0 Å². The molecule has 226 valence electrons. The molecule has 0 aromatic carbocycles. The number of phosphoric acid groups is 2. The molecule has 2 saturated heterocycles. The molecule has 12 atom stereocenters. The van der Waals surface area contributed by atoms with Crippen molar-refractivity contribution in [3.63, 3.8) is 0 Å². The number of ether oxygens (including phenoxy) is 2. The Bertz CT molecular complexity index is 1290. The third-order valence-electron chi connectivity index (χ3n) is 6.02. The summed E-state index contributed by atoms with van der Waals surface area (Å²) in [6.45, 7) is -1.95. The van der Waals surface area contributed by atoms with E-state index in [0.717, 1.165) is 6.33 Å². The highest BCUT2D eigenvalue weighted by molar-refractivity contribution is 7.61. The number of aliphatic hydroxyl groups excluding tert-OH is 7. The standard InChI is InChI=1S/C17H27N5O16P2/c18-14-7-15(20-3-19-14)22(4-21-7)16-11(28)8(25)6(35-16)2-34-39(30,31)38-40(32,33)37-17-12(29)9(26)10(27)13(36-17)5(24)1-23/h3-6,8-13,16-17,23-29H,1-2H2,(H,30,31)(H,32,33)(H2,18,19,20)/t5-,6?,8-,9?,10?,11-,12?,13?,16?,17?/m0/s1. The van der Waals surface area contributed by atoms with Gasteiger partial charge in [0.2, 0.25) is 0 Å². The first kappa shape index (κ1) is 31.2. The summed E-state index contributed by atoms with van der Waals surface area (Å²) >= 11 is 0. The average molecular weight is 619 g/mol. The van der Waals surface area contributed by atoms with E-state index in [1.165, 1.54) is 10.9 Å². The Kier molecular flexibility index (Phi) is 9.25. The van der Waals surface area contributed by atoms with Crippen LogP contribution in [0.25, 0.3) is 11.2 Å². The third-order valence-corrected chi connectivity index (χ3v) is 8.62. The first-order valence-corrected chi connectivity index (χ1v) is 14.3. The summed E-state index contributed by atoms with van der Waals surface area (Å²) in [7, 11) is -11.2. The Morgan fingerprint density at radius 2 is 1.68 bits per heavy atom. The molecule has 2 aromatic heterocycles. The van der Waals surface area contributed by atoms with Crippen molar-refractivity contribution in [3.05, 3.63) is 12.7 Å². The molecule has 0 radical (unpaired) electrons. The molecule has 0 amide bonds. The summed E-state index contributed by atoms with van der Waals surface area (Å²) in [5.74, 6) is 0.0302. The Labute approximate surface area is 223 Å². The monoisotopic (exact) mass is 619 g/mol. The van der Waals surface area contributed by atoms with Crippen LogP contribution in [0, 0.1) is 0 Å². The topological polar surface area (TPSA) is 332 Å². The molecule has 11 N–H and O–H groups in total. The molecule has 9 unspecified atom stereocenters. The lowest BCUT2D eigenvalue weighted by Crippen LogP contribution is -2.61. The van der Waals surface area contributed by atoms with Gasteiger partial charge < -0.3 is 60.7 Å². The van der Waals surface area contributed by atoms with E-state index in [1.54, 1.807) is 0 Å². The van der Waals surface area contributed by atoms with Crippen LogP contribution in [-0.4, -0.2) is 133 Å². The molecule has 4 heterocycles. The molecule has 4 rings (SSSR count). The van der Waals surface area contributed by atoms with Gasteiger partial charge in [0.05, 0.1) is 19.5 Å². The molecule has 23 heteroatoms. The van der Waals surface area contributed by atoms with Crippen molar-refractivity contribution in [2.45, 2.75) is 61.3 Å². The van der Waals surface area contributed by atoms with E-state index in [-0.39, 0.29) is 17.0 Å². The zero-order chi connectivity index (χ0) is 29.6. The molecule has 2 aromatic rings. The summed E-state index contributed by atoms with van der Waals surface area (Å²) in [5, 5.41) is 69.3. The summed E-state index contributed by atoms with van der Waals surface area (Å²) in [4.78, 5) is 31.6. The number of aliphatic hydroxyl groups is 7. The number of phosphoric ester groups is 2. The van der Waals surface area contributed by atoms with Gasteiger partial charge in [0.25, 0.3) is 0 Å². The van der Waals surface area contributed by atoms with Gasteiger partial charge in [-0.15, -0.1) is 0 Å². The first-order valence-electron chi connectivity index (χ1n) is 11.3. The van der Waals surface area contributed by atoms with Gasteiger partial charge in [-0.25, -0.2) is 24.1 Å². The van der Waals surface area contributed by atoms with E-state index in [2.05, 4.69) is 28.3 Å². The molecule has 21 nitrogen and oxygen atoms in total. The molecule has 2 aliphatic heterocycles. The molecule has 2 aliphatic rings. The Balaban J connectivity index is 1.38. The van der Waals surface area contributed by atoms with Crippen LogP contribution >= 0.6 is 15.6 Å². The lowest BCUT2D eigenvalue weighted by atomic mass is 9.96. The van der Waals surface area contributed by atoms with E-state index < -0.39 is 90.2 Å². The molecular weight excluding hydrogens is 592 g/mol. The van der Waals surface area contributed by atoms with Crippen molar-refractivity contribution in [1.29, 1.82) is 0 Å². The molecule has 0 bridgehead atoms. The van der Waals surface area contributed by atoms with E-state index in [1.807, 2.05) is 0 Å². The normalized spacial score (nSPS) is 36.8. The van der Waals surface area contributed by atoms with Crippen LogP contribution in [0.4, 0.5) is 5.82 Å². The average Bonchev–Trinajstić information content (AvgIpc) is 3.43. The van der Waals surface area contributed by atoms with Gasteiger partial charge in [0.15, 0.2) is 24.0 Å². The molecular formula is C17H27N5O16P2. The van der Waals surface area contributed by atoms with Gasteiger partial charge in [-0.05, 0) is 0 Å². The van der Waals surface area contributed by atoms with E-state index in [4.69, 9.17) is 20.3 Å². The highest BCUT2D eigenvalue weighted by atomic mass is 31.3. The van der Waals surface area contributed by atoms with Crippen molar-refractivity contribution in [3.8, 4) is 0 Å². The number of anilines is 1. The molecule has 0 saturated carbocycles. The van der Waals surface area contributed by atoms with Crippen LogP contribution in [0.3, 0.4) is 0 Å². The highest BCUT2D eigenvalue weighted by Crippen LogP contribution is 2.61. The van der Waals surface area contributed by atoms with Crippen LogP contribution < -0.4 is 5.73 Å². The quantitative estimate of drug-likeness (QED) is 0.112. The summed E-state index contributed by atoms with van der Waals surface area (Å²) in [6, 6.07) is 0. The van der Waals surface area contributed by atoms with Crippen LogP contribution in [0.5, 0.6) is 0 Å². The number of nitrogens with zero attached hydrogens (tertiary/aromatic N) is 4. The van der Waals surface area contributed by atoms with Gasteiger partial charge >= 0.3 is 15.6 Å². The second-order valence-electron chi connectivity index (χ2n) is 8.74. The second-order valence-corrected chi connectivity index (χ2v) is 11.7. The summed E-state index contributed by atoms with van der Waals surface area (Å²) in [5.41, 5.74) is 6.03. The molecule has 0 aliphatic carbocycles. The number of hydrogen-bond donors (Lipinski definition) is 10. The van der Waals surface area contributed by atoms with Crippen LogP contribution in [-0.2, 0) is 32.0 Å². The molecule has 2 fully saturated rings. The lowest BCUT2D eigenvalue weighted by molar-refractivity contribution is -0.292. The fraction of sp³-hybridized carbons (Fsp3) is 0.706. The number of aromatic nitrogens is 4. The van der Waals surface area contributed by atoms with Crippen molar-refractivity contribution in [2.24, 2.45) is 0 Å². The van der Waals surface area contributed by atoms with Gasteiger partial charge in [-0.2, -0.15) is 4.31 Å². The van der Waals surface area contributed by atoms with E-state index in [0.29, 0.717) is 0 Å². The zero-order valence-corrected chi connectivity index (χ0v) is 21.8. The number of hydrogen-bond acceptors (Lipinski definition) is 18. The Hall–Kier alpha value is -1.75. The van der Waals surface area contributed by atoms with E-state index in [9.17, 15) is 49.6 Å². The van der Waals surface area contributed by atoms with Crippen molar-refractivity contribution in [2.75, 3.05) is 18.9 Å². The van der Waals surface area contributed by atoms with Crippen LogP contribution in [0.15, 0.2) is 12.7 Å². The number of fused-ring (bicyclic) bond motifs is 1. The maximum Gasteiger partial charge on any atom is 0.483 e. The number of imidazole rings is 1. The minimum absolute atomic E-state index is 0.0302. The fourth-order valence-electron chi connectivity index (χ4n) is 4.01. The predicted molar refractivity (Wildman–Crippen MR) is 123 cm³/mol. The number of nitrogen functional groups attached to an aromatic ring is 1. The van der Waals surface area contributed by atoms with Gasteiger partial charge in [0, 0.05) is 0 Å². The number of rotatable bonds is 10. The minimum Gasteiger partial charge on any atom is -0.394 e. The highest BCUT2D eigenvalue weighted by Gasteiger charge is 2.51. The smallest absolute Gasteiger partial charge is 0.394 e. The summed E-state index contributed by atoms with van der Waals surface area (Å²) in [6.07, 6.45) is -16.0. The van der Waals surface area contributed by atoms with Crippen molar-refractivity contribution >= 4 is 32.6 Å². The maximum absolute atomic E-state index is 12.3.